The monoisotopic (exact) mass is 387 g/mol. The minimum absolute atomic E-state index is 0.0987. The van der Waals surface area contributed by atoms with E-state index in [-0.39, 0.29) is 17.8 Å². The van der Waals surface area contributed by atoms with Crippen LogP contribution in [0.1, 0.15) is 51.1 Å². The zero-order chi connectivity index (χ0) is 20.6. The van der Waals surface area contributed by atoms with Crippen LogP contribution < -0.4 is 11.5 Å². The fraction of sp³-hybridized carbons (Fsp3) is 0.182. The Bertz CT molecular complexity index is 1010. The Labute approximate surface area is 169 Å². The van der Waals surface area contributed by atoms with E-state index in [9.17, 15) is 9.59 Å². The topological polar surface area (TPSA) is 114 Å². The largest absolute Gasteiger partial charge is 0.369 e. The van der Waals surface area contributed by atoms with Crippen molar-refractivity contribution < 1.29 is 9.59 Å². The van der Waals surface area contributed by atoms with Crippen molar-refractivity contribution in [3.05, 3.63) is 70.8 Å². The number of carbonyl (C=O) groups is 2. The first kappa shape index (κ1) is 19.8. The summed E-state index contributed by atoms with van der Waals surface area (Å²) >= 11 is 0. The molecular formula is C22H21N5O2. The van der Waals surface area contributed by atoms with Crippen LogP contribution in [0.2, 0.25) is 0 Å². The number of hydrogen-bond donors (Lipinski definition) is 2. The Balaban J connectivity index is 1.47. The highest BCUT2D eigenvalue weighted by Gasteiger charge is 2.34. The number of hydrogen-bond acceptors (Lipinski definition) is 4. The molecule has 4 N–H and O–H groups in total. The molecule has 29 heavy (non-hydrogen) atoms. The van der Waals surface area contributed by atoms with Gasteiger partial charge in [-0.3, -0.25) is 14.5 Å². The van der Waals surface area contributed by atoms with Crippen molar-refractivity contribution >= 4 is 24.0 Å². The van der Waals surface area contributed by atoms with E-state index in [2.05, 4.69) is 22.0 Å². The normalized spacial score (nSPS) is 12.6. The van der Waals surface area contributed by atoms with Crippen LogP contribution in [0.15, 0.2) is 58.7 Å². The molecule has 3 rings (SSSR count). The van der Waals surface area contributed by atoms with E-state index < -0.39 is 0 Å². The lowest BCUT2D eigenvalue weighted by Gasteiger charge is -2.12. The minimum Gasteiger partial charge on any atom is -0.369 e. The number of amides is 2. The highest BCUT2D eigenvalue weighted by Crippen LogP contribution is 2.22. The molecule has 0 unspecified atom stereocenters. The molecule has 0 saturated carbocycles. The summed E-state index contributed by atoms with van der Waals surface area (Å²) in [6.07, 6.45) is 3.74. The van der Waals surface area contributed by atoms with Gasteiger partial charge in [0, 0.05) is 18.5 Å². The Morgan fingerprint density at radius 1 is 1.00 bits per heavy atom. The second-order valence-corrected chi connectivity index (χ2v) is 6.46. The Morgan fingerprint density at radius 3 is 2.41 bits per heavy atom. The van der Waals surface area contributed by atoms with Gasteiger partial charge in [0.15, 0.2) is 0 Å². The predicted molar refractivity (Wildman–Crippen MR) is 112 cm³/mol. The summed E-state index contributed by atoms with van der Waals surface area (Å²) in [5, 5.41) is 7.33. The summed E-state index contributed by atoms with van der Waals surface area (Å²) in [5.41, 5.74) is 13.1. The summed E-state index contributed by atoms with van der Waals surface area (Å²) in [5.74, 6) is 5.69. The summed E-state index contributed by atoms with van der Waals surface area (Å²) in [7, 11) is 0. The molecule has 0 radical (unpaired) electrons. The zero-order valence-electron chi connectivity index (χ0n) is 15.8. The number of unbranched alkanes of at least 4 members (excludes halogenated alkanes) is 2. The molecule has 0 aromatic heterocycles. The van der Waals surface area contributed by atoms with Crippen LogP contribution >= 0.6 is 0 Å². The summed E-state index contributed by atoms with van der Waals surface area (Å²) in [4.78, 5) is 25.9. The Kier molecular flexibility index (Phi) is 6.38. The lowest BCUT2D eigenvalue weighted by Crippen LogP contribution is -2.30. The average molecular weight is 387 g/mol. The molecule has 1 aliphatic rings. The lowest BCUT2D eigenvalue weighted by molar-refractivity contribution is 0.0652. The molecule has 7 nitrogen and oxygen atoms in total. The minimum atomic E-state index is -0.212. The fourth-order valence-electron chi connectivity index (χ4n) is 2.95. The second kappa shape index (κ2) is 9.33. The molecule has 0 bridgehead atoms. The van der Waals surface area contributed by atoms with Gasteiger partial charge in [-0.15, -0.1) is 5.10 Å². The number of carbonyl (C=O) groups excluding carboxylic acids is 2. The van der Waals surface area contributed by atoms with Gasteiger partial charge in [-0.1, -0.05) is 36.1 Å². The Morgan fingerprint density at radius 2 is 1.72 bits per heavy atom. The summed E-state index contributed by atoms with van der Waals surface area (Å²) in [6, 6.07) is 14.5. The number of nitrogens with two attached hydrogens (primary N) is 2. The molecule has 2 amide bonds. The third-order valence-electron chi connectivity index (χ3n) is 4.31. The van der Waals surface area contributed by atoms with Crippen LogP contribution in [0, 0.1) is 11.8 Å². The SMILES string of the molecule is NC(N)=NN=Cc1cccc(C#CCCCCN2C(=O)c3ccccc3C2=O)c1. The lowest BCUT2D eigenvalue weighted by atomic mass is 10.1. The molecule has 0 aliphatic carbocycles. The highest BCUT2D eigenvalue weighted by atomic mass is 16.2. The van der Waals surface area contributed by atoms with Crippen molar-refractivity contribution in [2.75, 3.05) is 6.54 Å². The van der Waals surface area contributed by atoms with Crippen LogP contribution in [0.25, 0.3) is 0 Å². The van der Waals surface area contributed by atoms with Crippen LogP contribution in [0.4, 0.5) is 0 Å². The molecule has 146 valence electrons. The van der Waals surface area contributed by atoms with E-state index in [1.54, 1.807) is 30.5 Å². The first-order chi connectivity index (χ1) is 14.1. The van der Waals surface area contributed by atoms with E-state index in [0.29, 0.717) is 30.5 Å². The quantitative estimate of drug-likeness (QED) is 0.197. The van der Waals surface area contributed by atoms with Gasteiger partial charge in [-0.05, 0) is 42.7 Å². The summed E-state index contributed by atoms with van der Waals surface area (Å²) < 4.78 is 0. The van der Waals surface area contributed by atoms with Crippen LogP contribution in [0.3, 0.4) is 0 Å². The highest BCUT2D eigenvalue weighted by molar-refractivity contribution is 6.21. The van der Waals surface area contributed by atoms with E-state index in [1.165, 1.54) is 4.90 Å². The van der Waals surface area contributed by atoms with E-state index >= 15 is 0 Å². The van der Waals surface area contributed by atoms with E-state index in [4.69, 9.17) is 11.5 Å². The number of imide groups is 1. The summed E-state index contributed by atoms with van der Waals surface area (Å²) in [6.45, 7) is 0.408. The molecule has 2 aromatic rings. The molecular weight excluding hydrogens is 366 g/mol. The van der Waals surface area contributed by atoms with Crippen LogP contribution in [-0.2, 0) is 0 Å². The van der Waals surface area contributed by atoms with Gasteiger partial charge >= 0.3 is 0 Å². The van der Waals surface area contributed by atoms with Gasteiger partial charge in [-0.2, -0.15) is 5.10 Å². The van der Waals surface area contributed by atoms with Crippen molar-refractivity contribution in [3.63, 3.8) is 0 Å². The second-order valence-electron chi connectivity index (χ2n) is 6.46. The van der Waals surface area contributed by atoms with Gasteiger partial charge < -0.3 is 11.5 Å². The average Bonchev–Trinajstić information content (AvgIpc) is 2.95. The van der Waals surface area contributed by atoms with Gasteiger partial charge in [0.25, 0.3) is 11.8 Å². The molecule has 0 atom stereocenters. The number of nitrogens with zero attached hydrogens (tertiary/aromatic N) is 3. The third-order valence-corrected chi connectivity index (χ3v) is 4.31. The third kappa shape index (κ3) is 5.08. The predicted octanol–water partition coefficient (Wildman–Crippen LogP) is 2.11. The maximum absolute atomic E-state index is 12.3. The number of benzene rings is 2. The van der Waals surface area contributed by atoms with Crippen LogP contribution in [-0.4, -0.2) is 35.4 Å². The zero-order valence-corrected chi connectivity index (χ0v) is 15.8. The van der Waals surface area contributed by atoms with Crippen molar-refractivity contribution in [1.29, 1.82) is 0 Å². The first-order valence-corrected chi connectivity index (χ1v) is 9.22. The van der Waals surface area contributed by atoms with Gasteiger partial charge in [-0.25, -0.2) is 0 Å². The van der Waals surface area contributed by atoms with Crippen molar-refractivity contribution in [2.45, 2.75) is 19.3 Å². The van der Waals surface area contributed by atoms with Crippen LogP contribution in [0.5, 0.6) is 0 Å². The molecule has 0 fully saturated rings. The maximum Gasteiger partial charge on any atom is 0.261 e. The maximum atomic E-state index is 12.3. The first-order valence-electron chi connectivity index (χ1n) is 9.22. The number of fused-ring (bicyclic) bond motifs is 1. The molecule has 2 aromatic carbocycles. The molecule has 1 aliphatic heterocycles. The number of guanidine groups is 1. The van der Waals surface area contributed by atoms with Gasteiger partial charge in [0.05, 0.1) is 17.3 Å². The number of rotatable bonds is 6. The van der Waals surface area contributed by atoms with E-state index in [0.717, 1.165) is 17.5 Å². The Hall–Kier alpha value is -3.92. The van der Waals surface area contributed by atoms with Gasteiger partial charge in [0.2, 0.25) is 5.96 Å². The molecule has 1 heterocycles. The van der Waals surface area contributed by atoms with Crippen molar-refractivity contribution in [2.24, 2.45) is 21.7 Å². The molecule has 0 spiro atoms. The smallest absolute Gasteiger partial charge is 0.261 e. The molecule has 7 heteroatoms. The van der Waals surface area contributed by atoms with Gasteiger partial charge in [0.1, 0.15) is 0 Å². The van der Waals surface area contributed by atoms with Crippen molar-refractivity contribution in [3.8, 4) is 11.8 Å². The van der Waals surface area contributed by atoms with E-state index in [1.807, 2.05) is 24.3 Å². The molecule has 0 saturated heterocycles. The van der Waals surface area contributed by atoms with Crippen molar-refractivity contribution in [1.82, 2.24) is 4.90 Å². The standard InChI is InChI=1S/C22H21N5O2/c23-22(24)26-25-15-17-10-7-9-16(14-17)8-3-1-2-6-13-27-20(28)18-11-4-5-12-19(18)21(27)29/h4-5,7,9-12,14-15H,1-2,6,13H2,(H4,23,24,26). The fourth-order valence-corrected chi connectivity index (χ4v) is 2.95.